The summed E-state index contributed by atoms with van der Waals surface area (Å²) in [5, 5.41) is 0.558. The smallest absolute Gasteiger partial charge is 0.342 e. The van der Waals surface area contributed by atoms with E-state index in [2.05, 4.69) is 0 Å². The quantitative estimate of drug-likeness (QED) is 0.110. The molecule has 0 spiro atoms. The predicted molar refractivity (Wildman–Crippen MR) is 151 cm³/mol. The van der Waals surface area contributed by atoms with Crippen LogP contribution in [0, 0.1) is 5.82 Å². The molecule has 2 heterocycles. The molecule has 1 amide bonds. The zero-order valence-corrected chi connectivity index (χ0v) is 22.9. The average molecular weight is 560 g/mol. The number of amides is 1. The lowest BCUT2D eigenvalue weighted by molar-refractivity contribution is -0.114. The van der Waals surface area contributed by atoms with Gasteiger partial charge in [-0.1, -0.05) is 12.8 Å². The van der Waals surface area contributed by atoms with E-state index in [1.54, 1.807) is 55.5 Å². The Balaban J connectivity index is 1.17. The highest BCUT2D eigenvalue weighted by Gasteiger charge is 2.35. The number of unbranched alkanes of at least 4 members (excludes halogenated alkanes) is 3. The summed E-state index contributed by atoms with van der Waals surface area (Å²) in [6.45, 7) is 2.86. The van der Waals surface area contributed by atoms with Gasteiger partial charge in [-0.3, -0.25) is 9.59 Å². The number of anilines is 1. The second-order valence-corrected chi connectivity index (χ2v) is 9.62. The van der Waals surface area contributed by atoms with Gasteiger partial charge in [0.1, 0.15) is 34.2 Å². The number of ether oxygens (including phenoxy) is 3. The molecule has 0 saturated heterocycles. The van der Waals surface area contributed by atoms with Gasteiger partial charge < -0.3 is 23.5 Å². The van der Waals surface area contributed by atoms with Crippen molar-refractivity contribution in [2.75, 3.05) is 31.8 Å². The monoisotopic (exact) mass is 559 g/mol. The first-order valence-electron chi connectivity index (χ1n) is 13.6. The molecule has 0 N–H and O–H groups in total. The SMILES string of the molecule is CCOC(=O)c1c(-c2ccc(F)cc2)oc2ccc(OCCCCCCN3C(=O)C(=O)c4cc(OC)ccc43)cc12. The lowest BCUT2D eigenvalue weighted by Crippen LogP contribution is -2.30. The second kappa shape index (κ2) is 12.2. The molecule has 212 valence electrons. The molecule has 5 rings (SSSR count). The van der Waals surface area contributed by atoms with Crippen molar-refractivity contribution in [1.29, 1.82) is 0 Å². The van der Waals surface area contributed by atoms with Crippen LogP contribution in [0.5, 0.6) is 11.5 Å². The van der Waals surface area contributed by atoms with Crippen molar-refractivity contribution in [3.8, 4) is 22.8 Å². The van der Waals surface area contributed by atoms with Crippen LogP contribution in [0.1, 0.15) is 53.3 Å². The number of benzene rings is 3. The first-order chi connectivity index (χ1) is 19.9. The minimum Gasteiger partial charge on any atom is -0.497 e. The normalized spacial score (nSPS) is 12.6. The number of hydrogen-bond donors (Lipinski definition) is 0. The topological polar surface area (TPSA) is 95.3 Å². The van der Waals surface area contributed by atoms with Gasteiger partial charge in [-0.2, -0.15) is 0 Å². The van der Waals surface area contributed by atoms with E-state index >= 15 is 0 Å². The molecular formula is C32H30FNO7. The third-order valence-electron chi connectivity index (χ3n) is 6.97. The Labute approximate surface area is 236 Å². The second-order valence-electron chi connectivity index (χ2n) is 9.62. The number of methoxy groups -OCH3 is 1. The van der Waals surface area contributed by atoms with E-state index in [0.29, 0.717) is 58.2 Å². The summed E-state index contributed by atoms with van der Waals surface area (Å²) in [6, 6.07) is 16.1. The Bertz CT molecular complexity index is 1590. The number of furan rings is 1. The first kappa shape index (κ1) is 27.9. The number of carbonyl (C=O) groups excluding carboxylic acids is 3. The van der Waals surface area contributed by atoms with Crippen LogP contribution >= 0.6 is 0 Å². The fourth-order valence-electron chi connectivity index (χ4n) is 4.92. The average Bonchev–Trinajstić information content (AvgIpc) is 3.47. The summed E-state index contributed by atoms with van der Waals surface area (Å²) in [4.78, 5) is 39.1. The number of Topliss-reactive ketones (excluding diaryl/α,β-unsaturated/α-hetero) is 1. The molecule has 0 atom stereocenters. The van der Waals surface area contributed by atoms with Gasteiger partial charge in [-0.15, -0.1) is 0 Å². The molecule has 8 nitrogen and oxygen atoms in total. The molecule has 41 heavy (non-hydrogen) atoms. The third-order valence-corrected chi connectivity index (χ3v) is 6.97. The van der Waals surface area contributed by atoms with Crippen molar-refractivity contribution in [3.63, 3.8) is 0 Å². The maximum atomic E-state index is 13.5. The summed E-state index contributed by atoms with van der Waals surface area (Å²) >= 11 is 0. The van der Waals surface area contributed by atoms with E-state index in [1.165, 1.54) is 24.1 Å². The largest absolute Gasteiger partial charge is 0.497 e. The number of fused-ring (bicyclic) bond motifs is 2. The maximum Gasteiger partial charge on any atom is 0.342 e. The van der Waals surface area contributed by atoms with E-state index in [4.69, 9.17) is 18.6 Å². The van der Waals surface area contributed by atoms with Crippen molar-refractivity contribution in [2.24, 2.45) is 0 Å². The van der Waals surface area contributed by atoms with Crippen molar-refractivity contribution in [3.05, 3.63) is 77.6 Å². The van der Waals surface area contributed by atoms with Gasteiger partial charge in [0, 0.05) is 17.5 Å². The van der Waals surface area contributed by atoms with Crippen LogP contribution in [0.4, 0.5) is 10.1 Å². The summed E-state index contributed by atoms with van der Waals surface area (Å²) in [7, 11) is 1.52. The Kier molecular flexibility index (Phi) is 8.33. The van der Waals surface area contributed by atoms with Gasteiger partial charge >= 0.3 is 5.97 Å². The van der Waals surface area contributed by atoms with Gasteiger partial charge in [0.25, 0.3) is 11.7 Å². The van der Waals surface area contributed by atoms with Crippen LogP contribution < -0.4 is 14.4 Å². The maximum absolute atomic E-state index is 13.5. The minimum absolute atomic E-state index is 0.202. The van der Waals surface area contributed by atoms with E-state index in [9.17, 15) is 18.8 Å². The van der Waals surface area contributed by atoms with E-state index in [0.717, 1.165) is 25.7 Å². The third kappa shape index (κ3) is 5.79. The predicted octanol–water partition coefficient (Wildman–Crippen LogP) is 6.59. The van der Waals surface area contributed by atoms with Gasteiger partial charge in [0.05, 0.1) is 31.6 Å². The summed E-state index contributed by atoms with van der Waals surface area (Å²) in [5.41, 5.74) is 2.34. The standard InChI is InChI=1S/C32H30FNO7/c1-3-39-32(37)28-25-19-23(13-15-27(25)41-30(28)20-8-10-21(33)11-9-20)40-17-7-5-4-6-16-34-26-14-12-22(38-2)18-24(26)29(35)31(34)36/h8-15,18-19H,3-7,16-17H2,1-2H3. The van der Waals surface area contributed by atoms with Crippen LogP contribution in [0.25, 0.3) is 22.3 Å². The zero-order chi connectivity index (χ0) is 28.9. The van der Waals surface area contributed by atoms with Crippen LogP contribution in [-0.2, 0) is 9.53 Å². The highest BCUT2D eigenvalue weighted by Crippen LogP contribution is 2.36. The highest BCUT2D eigenvalue weighted by molar-refractivity contribution is 6.52. The number of esters is 1. The number of halogens is 1. The first-order valence-corrected chi connectivity index (χ1v) is 13.6. The molecule has 0 aliphatic carbocycles. The molecule has 1 aliphatic rings. The molecule has 0 fully saturated rings. The number of hydrogen-bond acceptors (Lipinski definition) is 7. The Hall–Kier alpha value is -4.66. The molecule has 0 bridgehead atoms. The highest BCUT2D eigenvalue weighted by atomic mass is 19.1. The molecule has 1 aromatic heterocycles. The number of carbonyl (C=O) groups is 3. The zero-order valence-electron chi connectivity index (χ0n) is 22.9. The van der Waals surface area contributed by atoms with E-state index in [1.807, 2.05) is 0 Å². The molecule has 1 aliphatic heterocycles. The molecular weight excluding hydrogens is 529 g/mol. The lowest BCUT2D eigenvalue weighted by atomic mass is 10.1. The number of rotatable bonds is 12. The molecule has 0 saturated carbocycles. The van der Waals surface area contributed by atoms with Crippen molar-refractivity contribution < 1.29 is 37.4 Å². The summed E-state index contributed by atoms with van der Waals surface area (Å²) < 4.78 is 35.8. The van der Waals surface area contributed by atoms with Crippen molar-refractivity contribution >= 4 is 34.3 Å². The van der Waals surface area contributed by atoms with Gasteiger partial charge in [0.2, 0.25) is 0 Å². The fourth-order valence-corrected chi connectivity index (χ4v) is 4.92. The van der Waals surface area contributed by atoms with Crippen LogP contribution in [0.3, 0.4) is 0 Å². The lowest BCUT2D eigenvalue weighted by Gasteiger charge is -2.16. The number of nitrogens with zero attached hydrogens (tertiary/aromatic N) is 1. The molecule has 0 radical (unpaired) electrons. The molecule has 3 aromatic carbocycles. The summed E-state index contributed by atoms with van der Waals surface area (Å²) in [6.07, 6.45) is 3.28. The Morgan fingerprint density at radius 1 is 0.927 bits per heavy atom. The van der Waals surface area contributed by atoms with Gasteiger partial charge in [0.15, 0.2) is 0 Å². The Morgan fingerprint density at radius 3 is 2.44 bits per heavy atom. The van der Waals surface area contributed by atoms with Crippen LogP contribution in [-0.4, -0.2) is 44.5 Å². The number of ketones is 1. The van der Waals surface area contributed by atoms with Gasteiger partial charge in [-0.25, -0.2) is 9.18 Å². The Morgan fingerprint density at radius 2 is 1.68 bits per heavy atom. The molecule has 9 heteroatoms. The molecule has 0 unspecified atom stereocenters. The summed E-state index contributed by atoms with van der Waals surface area (Å²) in [5.74, 6) is -0.469. The van der Waals surface area contributed by atoms with Crippen LogP contribution in [0.15, 0.2) is 65.1 Å². The van der Waals surface area contributed by atoms with Gasteiger partial charge in [-0.05, 0) is 80.4 Å². The van der Waals surface area contributed by atoms with E-state index in [-0.39, 0.29) is 18.0 Å². The molecule has 4 aromatic rings. The minimum atomic E-state index is -0.525. The van der Waals surface area contributed by atoms with Crippen molar-refractivity contribution in [2.45, 2.75) is 32.6 Å². The van der Waals surface area contributed by atoms with E-state index < -0.39 is 17.7 Å². The van der Waals surface area contributed by atoms with Crippen molar-refractivity contribution in [1.82, 2.24) is 0 Å². The fraction of sp³-hybridized carbons (Fsp3) is 0.281. The van der Waals surface area contributed by atoms with Crippen LogP contribution in [0.2, 0.25) is 0 Å².